The normalized spacial score (nSPS) is 10.5. The van der Waals surface area contributed by atoms with Gasteiger partial charge >= 0.3 is 0 Å². The van der Waals surface area contributed by atoms with Crippen LogP contribution in [-0.4, -0.2) is 21.9 Å². The molecule has 0 fully saturated rings. The number of thioether (sulfide) groups is 1. The van der Waals surface area contributed by atoms with Gasteiger partial charge in [-0.05, 0) is 54.3 Å². The van der Waals surface area contributed by atoms with Gasteiger partial charge in [0.1, 0.15) is 11.5 Å². The lowest BCUT2D eigenvalue weighted by molar-refractivity contribution is 0.102. The molecule has 0 aliphatic rings. The minimum Gasteiger partial charge on any atom is -0.321 e. The standard InChI is InChI=1S/C19H16FN3O2S/c1-26-12-13-3-2-4-15(11-13)21-19(25)17-9-10-18(24)23(22-17)16-7-5-14(20)6-8-16/h2-11H,12H2,1H3,(H,21,25). The minimum absolute atomic E-state index is 0.0872. The molecule has 0 unspecified atom stereocenters. The number of hydrogen-bond acceptors (Lipinski definition) is 4. The molecule has 3 rings (SSSR count). The highest BCUT2D eigenvalue weighted by atomic mass is 32.2. The third-order valence-electron chi connectivity index (χ3n) is 3.60. The third kappa shape index (κ3) is 4.18. The highest BCUT2D eigenvalue weighted by molar-refractivity contribution is 7.97. The van der Waals surface area contributed by atoms with Gasteiger partial charge < -0.3 is 5.32 Å². The molecular weight excluding hydrogens is 353 g/mol. The zero-order valence-corrected chi connectivity index (χ0v) is 14.8. The molecule has 2 aromatic carbocycles. The van der Waals surface area contributed by atoms with Gasteiger partial charge in [-0.25, -0.2) is 4.39 Å². The summed E-state index contributed by atoms with van der Waals surface area (Å²) in [6.07, 6.45) is 2.01. The molecule has 1 N–H and O–H groups in total. The third-order valence-corrected chi connectivity index (χ3v) is 4.22. The number of carbonyl (C=O) groups excluding carboxylic acids is 1. The molecule has 7 heteroatoms. The molecule has 0 aliphatic heterocycles. The van der Waals surface area contributed by atoms with E-state index in [0.29, 0.717) is 11.4 Å². The summed E-state index contributed by atoms with van der Waals surface area (Å²) in [5, 5.41) is 6.87. The lowest BCUT2D eigenvalue weighted by atomic mass is 10.2. The Balaban J connectivity index is 1.86. The molecule has 0 atom stereocenters. The maximum atomic E-state index is 13.1. The molecule has 1 aromatic heterocycles. The van der Waals surface area contributed by atoms with Crippen LogP contribution in [0.25, 0.3) is 5.69 Å². The quantitative estimate of drug-likeness (QED) is 0.748. The molecule has 0 radical (unpaired) electrons. The topological polar surface area (TPSA) is 64.0 Å². The van der Waals surface area contributed by atoms with E-state index in [1.165, 1.54) is 36.4 Å². The molecule has 5 nitrogen and oxygen atoms in total. The molecule has 0 bridgehead atoms. The highest BCUT2D eigenvalue weighted by Crippen LogP contribution is 2.15. The predicted molar refractivity (Wildman–Crippen MR) is 101 cm³/mol. The SMILES string of the molecule is CSCc1cccc(NC(=O)c2ccc(=O)n(-c3ccc(F)cc3)n2)c1. The zero-order valence-electron chi connectivity index (χ0n) is 14.0. The molecule has 0 aliphatic carbocycles. The van der Waals surface area contributed by atoms with Gasteiger partial charge in [-0.15, -0.1) is 0 Å². The average Bonchev–Trinajstić information content (AvgIpc) is 2.63. The lowest BCUT2D eigenvalue weighted by Crippen LogP contribution is -2.24. The Morgan fingerprint density at radius 1 is 1.15 bits per heavy atom. The first-order chi connectivity index (χ1) is 12.6. The molecule has 1 amide bonds. The number of carbonyl (C=O) groups is 1. The van der Waals surface area contributed by atoms with E-state index in [0.717, 1.165) is 16.0 Å². The number of amides is 1. The molecule has 132 valence electrons. The van der Waals surface area contributed by atoms with Crippen molar-refractivity contribution in [2.24, 2.45) is 0 Å². The summed E-state index contributed by atoms with van der Waals surface area (Å²) in [4.78, 5) is 24.5. The largest absolute Gasteiger partial charge is 0.321 e. The molecule has 26 heavy (non-hydrogen) atoms. The van der Waals surface area contributed by atoms with Crippen molar-refractivity contribution in [3.63, 3.8) is 0 Å². The Labute approximate surface area is 153 Å². The number of benzene rings is 2. The zero-order chi connectivity index (χ0) is 18.5. The van der Waals surface area contributed by atoms with E-state index in [1.807, 2.05) is 24.5 Å². The lowest BCUT2D eigenvalue weighted by Gasteiger charge is -2.09. The summed E-state index contributed by atoms with van der Waals surface area (Å²) in [6, 6.07) is 15.5. The first-order valence-corrected chi connectivity index (χ1v) is 9.22. The molecule has 0 spiro atoms. The van der Waals surface area contributed by atoms with Gasteiger partial charge in [0.15, 0.2) is 0 Å². The van der Waals surface area contributed by atoms with Crippen molar-refractivity contribution in [1.29, 1.82) is 0 Å². The van der Waals surface area contributed by atoms with Gasteiger partial charge in [-0.2, -0.15) is 21.5 Å². The van der Waals surface area contributed by atoms with E-state index in [9.17, 15) is 14.0 Å². The van der Waals surface area contributed by atoms with Crippen molar-refractivity contribution in [1.82, 2.24) is 9.78 Å². The van der Waals surface area contributed by atoms with Crippen LogP contribution >= 0.6 is 11.8 Å². The summed E-state index contributed by atoms with van der Waals surface area (Å²) in [6.45, 7) is 0. The van der Waals surface area contributed by atoms with Crippen molar-refractivity contribution in [3.8, 4) is 5.69 Å². The molecule has 0 saturated heterocycles. The van der Waals surface area contributed by atoms with Crippen LogP contribution in [-0.2, 0) is 5.75 Å². The van der Waals surface area contributed by atoms with Crippen LogP contribution in [0.15, 0.2) is 65.5 Å². The summed E-state index contributed by atoms with van der Waals surface area (Å²) in [7, 11) is 0. The number of anilines is 1. The number of rotatable bonds is 5. The van der Waals surface area contributed by atoms with E-state index < -0.39 is 17.3 Å². The van der Waals surface area contributed by atoms with Crippen LogP contribution in [0.5, 0.6) is 0 Å². The maximum Gasteiger partial charge on any atom is 0.276 e. The van der Waals surface area contributed by atoms with Crippen molar-refractivity contribution in [2.45, 2.75) is 5.75 Å². The molecule has 1 heterocycles. The first kappa shape index (κ1) is 17.9. The van der Waals surface area contributed by atoms with Crippen molar-refractivity contribution in [2.75, 3.05) is 11.6 Å². The van der Waals surface area contributed by atoms with E-state index in [4.69, 9.17) is 0 Å². The van der Waals surface area contributed by atoms with Crippen LogP contribution in [0.1, 0.15) is 16.1 Å². The smallest absolute Gasteiger partial charge is 0.276 e. The fraction of sp³-hybridized carbons (Fsp3) is 0.105. The van der Waals surface area contributed by atoms with E-state index in [2.05, 4.69) is 10.4 Å². The van der Waals surface area contributed by atoms with Gasteiger partial charge in [0, 0.05) is 17.5 Å². The van der Waals surface area contributed by atoms with Gasteiger partial charge in [0.25, 0.3) is 11.5 Å². The Hall–Kier alpha value is -2.93. The van der Waals surface area contributed by atoms with Crippen LogP contribution in [0, 0.1) is 5.82 Å². The Bertz CT molecular complexity index is 987. The van der Waals surface area contributed by atoms with Crippen molar-refractivity contribution >= 4 is 23.4 Å². The fourth-order valence-corrected chi connectivity index (χ4v) is 2.91. The number of halogens is 1. The van der Waals surface area contributed by atoms with Gasteiger partial charge in [-0.3, -0.25) is 9.59 Å². The molecule has 0 saturated carbocycles. The van der Waals surface area contributed by atoms with Gasteiger partial charge in [0.05, 0.1) is 5.69 Å². The second-order valence-corrected chi connectivity index (χ2v) is 6.40. The van der Waals surface area contributed by atoms with Gasteiger partial charge in [0.2, 0.25) is 0 Å². The van der Waals surface area contributed by atoms with Crippen LogP contribution in [0.3, 0.4) is 0 Å². The molecule has 3 aromatic rings. The summed E-state index contributed by atoms with van der Waals surface area (Å²) >= 11 is 1.69. The first-order valence-electron chi connectivity index (χ1n) is 7.82. The summed E-state index contributed by atoms with van der Waals surface area (Å²) < 4.78 is 14.1. The predicted octanol–water partition coefficient (Wildman–Crippen LogP) is 3.49. The van der Waals surface area contributed by atoms with Crippen molar-refractivity contribution < 1.29 is 9.18 Å². The Kier molecular flexibility index (Phi) is 5.48. The highest BCUT2D eigenvalue weighted by Gasteiger charge is 2.11. The van der Waals surface area contributed by atoms with Crippen LogP contribution in [0.2, 0.25) is 0 Å². The average molecular weight is 369 g/mol. The second-order valence-electron chi connectivity index (χ2n) is 5.53. The van der Waals surface area contributed by atoms with E-state index in [-0.39, 0.29) is 5.69 Å². The molecular formula is C19H16FN3O2S. The maximum absolute atomic E-state index is 13.1. The monoisotopic (exact) mass is 369 g/mol. The number of aromatic nitrogens is 2. The number of nitrogens with zero attached hydrogens (tertiary/aromatic N) is 2. The summed E-state index contributed by atoms with van der Waals surface area (Å²) in [5.41, 5.74) is 1.81. The van der Waals surface area contributed by atoms with E-state index >= 15 is 0 Å². The van der Waals surface area contributed by atoms with Crippen LogP contribution < -0.4 is 10.9 Å². The van der Waals surface area contributed by atoms with Crippen molar-refractivity contribution in [3.05, 3.63) is 88.1 Å². The van der Waals surface area contributed by atoms with Crippen LogP contribution in [0.4, 0.5) is 10.1 Å². The number of nitrogens with one attached hydrogen (secondary N) is 1. The second kappa shape index (κ2) is 7.97. The minimum atomic E-state index is -0.429. The van der Waals surface area contributed by atoms with Gasteiger partial charge in [-0.1, -0.05) is 12.1 Å². The Morgan fingerprint density at radius 2 is 1.92 bits per heavy atom. The summed E-state index contributed by atoms with van der Waals surface area (Å²) in [5.74, 6) is 0.000190. The van der Waals surface area contributed by atoms with E-state index in [1.54, 1.807) is 17.8 Å². The Morgan fingerprint density at radius 3 is 2.65 bits per heavy atom. The number of hydrogen-bond donors (Lipinski definition) is 1. The fourth-order valence-electron chi connectivity index (χ4n) is 2.40.